The average molecular weight is 185 g/mol. The molecule has 0 aromatic rings. The summed E-state index contributed by atoms with van der Waals surface area (Å²) >= 11 is 0. The van der Waals surface area contributed by atoms with E-state index in [9.17, 15) is 4.79 Å². The predicted molar refractivity (Wildman–Crippen MR) is 51.4 cm³/mol. The van der Waals surface area contributed by atoms with Crippen LogP contribution in [0.5, 0.6) is 0 Å². The van der Waals surface area contributed by atoms with Crippen molar-refractivity contribution in [3.63, 3.8) is 0 Å². The summed E-state index contributed by atoms with van der Waals surface area (Å²) in [6, 6.07) is -0.0568. The molecule has 0 aromatic heterocycles. The van der Waals surface area contributed by atoms with Crippen molar-refractivity contribution < 1.29 is 9.53 Å². The largest absolute Gasteiger partial charge is 0.463 e. The number of hydrogen-bond acceptors (Lipinski definition) is 3. The van der Waals surface area contributed by atoms with Crippen LogP contribution in [0.4, 0.5) is 0 Å². The van der Waals surface area contributed by atoms with Gasteiger partial charge in [0, 0.05) is 6.54 Å². The molecule has 1 heterocycles. The number of ether oxygens (including phenoxy) is 1. The van der Waals surface area contributed by atoms with E-state index in [1.807, 2.05) is 0 Å². The van der Waals surface area contributed by atoms with Gasteiger partial charge >= 0.3 is 5.97 Å². The third-order valence-corrected chi connectivity index (χ3v) is 2.75. The Labute approximate surface area is 79.8 Å². The van der Waals surface area contributed by atoms with Crippen LogP contribution in [0, 0.1) is 5.92 Å². The molecule has 3 heteroatoms. The van der Waals surface area contributed by atoms with E-state index in [2.05, 4.69) is 19.2 Å². The number of carbonyl (C=O) groups is 1. The van der Waals surface area contributed by atoms with Crippen LogP contribution in [0.2, 0.25) is 0 Å². The molecule has 0 bridgehead atoms. The molecule has 0 aromatic carbocycles. The molecule has 1 fully saturated rings. The molecule has 0 amide bonds. The van der Waals surface area contributed by atoms with E-state index in [-0.39, 0.29) is 12.0 Å². The number of cyclic esters (lactones) is 1. The van der Waals surface area contributed by atoms with Gasteiger partial charge in [0.1, 0.15) is 12.6 Å². The van der Waals surface area contributed by atoms with Crippen LogP contribution in [-0.4, -0.2) is 25.2 Å². The van der Waals surface area contributed by atoms with E-state index in [0.717, 1.165) is 25.8 Å². The number of nitrogens with one attached hydrogen (secondary N) is 1. The van der Waals surface area contributed by atoms with Gasteiger partial charge in [-0.1, -0.05) is 26.7 Å². The van der Waals surface area contributed by atoms with E-state index >= 15 is 0 Å². The van der Waals surface area contributed by atoms with Crippen molar-refractivity contribution in [2.45, 2.75) is 39.2 Å². The Hall–Kier alpha value is -0.570. The molecular formula is C10H19NO2. The van der Waals surface area contributed by atoms with Crippen LogP contribution in [0.3, 0.4) is 0 Å². The van der Waals surface area contributed by atoms with Gasteiger partial charge in [-0.05, 0) is 12.3 Å². The van der Waals surface area contributed by atoms with Gasteiger partial charge in [-0.3, -0.25) is 4.79 Å². The smallest absolute Gasteiger partial charge is 0.323 e. The van der Waals surface area contributed by atoms with Crippen molar-refractivity contribution in [2.24, 2.45) is 5.92 Å². The maximum absolute atomic E-state index is 11.3. The lowest BCUT2D eigenvalue weighted by Crippen LogP contribution is -2.46. The van der Waals surface area contributed by atoms with Crippen molar-refractivity contribution in [1.82, 2.24) is 5.32 Å². The molecule has 1 aliphatic heterocycles. The highest BCUT2D eigenvalue weighted by atomic mass is 16.5. The van der Waals surface area contributed by atoms with Crippen LogP contribution in [0.15, 0.2) is 0 Å². The van der Waals surface area contributed by atoms with E-state index in [1.165, 1.54) is 0 Å². The zero-order valence-electron chi connectivity index (χ0n) is 8.51. The fourth-order valence-electron chi connectivity index (χ4n) is 1.70. The third kappa shape index (κ3) is 2.99. The zero-order chi connectivity index (χ0) is 9.68. The van der Waals surface area contributed by atoms with E-state index < -0.39 is 0 Å². The van der Waals surface area contributed by atoms with Gasteiger partial charge in [0.2, 0.25) is 0 Å². The topological polar surface area (TPSA) is 38.3 Å². The Balaban J connectivity index is 2.36. The average Bonchev–Trinajstić information content (AvgIpc) is 2.17. The second kappa shape index (κ2) is 5.22. The Kier molecular flexibility index (Phi) is 4.22. The van der Waals surface area contributed by atoms with Crippen LogP contribution in [-0.2, 0) is 9.53 Å². The second-order valence-corrected chi connectivity index (χ2v) is 3.59. The molecule has 1 saturated heterocycles. The second-order valence-electron chi connectivity index (χ2n) is 3.59. The molecule has 13 heavy (non-hydrogen) atoms. The molecule has 1 N–H and O–H groups in total. The molecular weight excluding hydrogens is 166 g/mol. The molecule has 0 saturated carbocycles. The van der Waals surface area contributed by atoms with Crippen LogP contribution in [0.1, 0.15) is 33.1 Å². The van der Waals surface area contributed by atoms with Gasteiger partial charge < -0.3 is 10.1 Å². The molecule has 1 unspecified atom stereocenters. The highest BCUT2D eigenvalue weighted by Gasteiger charge is 2.25. The van der Waals surface area contributed by atoms with Crippen LogP contribution >= 0.6 is 0 Å². The van der Waals surface area contributed by atoms with Crippen molar-refractivity contribution in [2.75, 3.05) is 13.2 Å². The molecule has 76 valence electrons. The maximum Gasteiger partial charge on any atom is 0.323 e. The summed E-state index contributed by atoms with van der Waals surface area (Å²) in [7, 11) is 0. The standard InChI is InChI=1S/C10H19NO2/c1-3-8(4-2)7-9-10(12)13-6-5-11-9/h8-9,11H,3-7H2,1-2H3. The van der Waals surface area contributed by atoms with Gasteiger partial charge in [0.15, 0.2) is 0 Å². The molecule has 0 aliphatic carbocycles. The minimum absolute atomic E-state index is 0.0568. The Morgan fingerprint density at radius 1 is 1.54 bits per heavy atom. The monoisotopic (exact) mass is 185 g/mol. The van der Waals surface area contributed by atoms with Gasteiger partial charge in [-0.25, -0.2) is 0 Å². The lowest BCUT2D eigenvalue weighted by molar-refractivity contribution is -0.150. The van der Waals surface area contributed by atoms with Crippen molar-refractivity contribution in [1.29, 1.82) is 0 Å². The Morgan fingerprint density at radius 3 is 2.77 bits per heavy atom. The number of morpholine rings is 1. The first kappa shape index (κ1) is 10.5. The molecule has 1 rings (SSSR count). The fraction of sp³-hybridized carbons (Fsp3) is 0.900. The summed E-state index contributed by atoms with van der Waals surface area (Å²) in [5, 5.41) is 3.19. The number of esters is 1. The van der Waals surface area contributed by atoms with Crippen LogP contribution < -0.4 is 5.32 Å². The summed E-state index contributed by atoms with van der Waals surface area (Å²) in [6.07, 6.45) is 3.20. The normalized spacial score (nSPS) is 23.3. The first-order valence-corrected chi connectivity index (χ1v) is 5.18. The Morgan fingerprint density at radius 2 is 2.23 bits per heavy atom. The number of hydrogen-bond donors (Lipinski definition) is 1. The first-order chi connectivity index (χ1) is 6.27. The predicted octanol–water partition coefficient (Wildman–Crippen LogP) is 1.33. The van der Waals surface area contributed by atoms with Crippen molar-refractivity contribution >= 4 is 5.97 Å². The van der Waals surface area contributed by atoms with Crippen LogP contribution in [0.25, 0.3) is 0 Å². The number of rotatable bonds is 4. The van der Waals surface area contributed by atoms with E-state index in [1.54, 1.807) is 0 Å². The molecule has 0 radical (unpaired) electrons. The minimum atomic E-state index is -0.0712. The Bertz CT molecular complexity index is 166. The number of carbonyl (C=O) groups excluding carboxylic acids is 1. The fourth-order valence-corrected chi connectivity index (χ4v) is 1.70. The maximum atomic E-state index is 11.3. The highest BCUT2D eigenvalue weighted by molar-refractivity contribution is 5.76. The summed E-state index contributed by atoms with van der Waals surface area (Å²) < 4.78 is 4.98. The highest BCUT2D eigenvalue weighted by Crippen LogP contribution is 2.16. The lowest BCUT2D eigenvalue weighted by Gasteiger charge is -2.25. The molecule has 0 spiro atoms. The SMILES string of the molecule is CCC(CC)CC1NCCOC1=O. The molecule has 1 aliphatic rings. The quantitative estimate of drug-likeness (QED) is 0.671. The van der Waals surface area contributed by atoms with Gasteiger partial charge in [0.25, 0.3) is 0 Å². The lowest BCUT2D eigenvalue weighted by atomic mass is 9.94. The zero-order valence-corrected chi connectivity index (χ0v) is 8.51. The minimum Gasteiger partial charge on any atom is -0.463 e. The van der Waals surface area contributed by atoms with E-state index in [0.29, 0.717) is 12.5 Å². The molecule has 3 nitrogen and oxygen atoms in total. The first-order valence-electron chi connectivity index (χ1n) is 5.18. The van der Waals surface area contributed by atoms with Crippen molar-refractivity contribution in [3.05, 3.63) is 0 Å². The summed E-state index contributed by atoms with van der Waals surface area (Å²) in [6.45, 7) is 5.67. The summed E-state index contributed by atoms with van der Waals surface area (Å²) in [4.78, 5) is 11.3. The van der Waals surface area contributed by atoms with E-state index in [4.69, 9.17) is 4.74 Å². The molecule has 1 atom stereocenters. The third-order valence-electron chi connectivity index (χ3n) is 2.75. The van der Waals surface area contributed by atoms with Gasteiger partial charge in [-0.2, -0.15) is 0 Å². The summed E-state index contributed by atoms with van der Waals surface area (Å²) in [5.41, 5.74) is 0. The van der Waals surface area contributed by atoms with Crippen molar-refractivity contribution in [3.8, 4) is 0 Å². The van der Waals surface area contributed by atoms with Gasteiger partial charge in [0.05, 0.1) is 0 Å². The van der Waals surface area contributed by atoms with Gasteiger partial charge in [-0.15, -0.1) is 0 Å². The summed E-state index contributed by atoms with van der Waals surface area (Å²) in [5.74, 6) is 0.571.